The van der Waals surface area contributed by atoms with Gasteiger partial charge in [0, 0.05) is 45.5 Å². The van der Waals surface area contributed by atoms with E-state index in [-0.39, 0.29) is 5.91 Å². The molecule has 0 aliphatic heterocycles. The van der Waals surface area contributed by atoms with Crippen molar-refractivity contribution in [3.05, 3.63) is 35.4 Å². The summed E-state index contributed by atoms with van der Waals surface area (Å²) in [5, 5.41) is 9.45. The molecule has 1 amide bonds. The third-order valence-electron chi connectivity index (χ3n) is 3.62. The fourth-order valence-corrected chi connectivity index (χ4v) is 2.25. The van der Waals surface area contributed by atoms with Crippen molar-refractivity contribution in [1.29, 1.82) is 0 Å². The first-order chi connectivity index (χ1) is 12.2. The number of unbranched alkanes of at least 4 members (excludes halogenated alkanes) is 1. The third-order valence-corrected chi connectivity index (χ3v) is 3.62. The van der Waals surface area contributed by atoms with Gasteiger partial charge in [0.25, 0.3) is 5.91 Å². The molecule has 1 rings (SSSR count). The molecule has 0 spiro atoms. The van der Waals surface area contributed by atoms with Crippen LogP contribution in [-0.4, -0.2) is 45.2 Å². The van der Waals surface area contributed by atoms with Gasteiger partial charge in [0.15, 0.2) is 5.96 Å². The van der Waals surface area contributed by atoms with Crippen molar-refractivity contribution < 1.29 is 9.53 Å². The summed E-state index contributed by atoms with van der Waals surface area (Å²) < 4.78 is 5.32. The highest BCUT2D eigenvalue weighted by molar-refractivity contribution is 5.94. The molecule has 0 saturated carbocycles. The summed E-state index contributed by atoms with van der Waals surface area (Å²) in [6.07, 6.45) is 3.00. The Bertz CT molecular complexity index is 532. The molecule has 6 heteroatoms. The Balaban J connectivity index is 2.38. The van der Waals surface area contributed by atoms with E-state index in [9.17, 15) is 4.79 Å². The number of benzene rings is 1. The standard InChI is InChI=1S/C19H32N4O2/c1-4-11-21-18(24)17-10-8-9-16(14-17)15-23-19(20-3)22-12-6-7-13-25-5-2/h8-10,14H,4-7,11-13,15H2,1-3H3,(H,21,24)(H2,20,22,23). The Morgan fingerprint density at radius 3 is 2.68 bits per heavy atom. The maximum Gasteiger partial charge on any atom is 0.251 e. The molecule has 25 heavy (non-hydrogen) atoms. The maximum atomic E-state index is 12.0. The van der Waals surface area contributed by atoms with Crippen LogP contribution in [0, 0.1) is 0 Å². The van der Waals surface area contributed by atoms with Crippen molar-refractivity contribution in [3.63, 3.8) is 0 Å². The lowest BCUT2D eigenvalue weighted by Gasteiger charge is -2.12. The van der Waals surface area contributed by atoms with E-state index in [1.54, 1.807) is 7.05 Å². The fraction of sp³-hybridized carbons (Fsp3) is 0.579. The number of carbonyl (C=O) groups excluding carboxylic acids is 1. The molecule has 140 valence electrons. The van der Waals surface area contributed by atoms with Crippen LogP contribution in [0.15, 0.2) is 29.3 Å². The molecule has 0 aliphatic rings. The SMILES string of the molecule is CCCNC(=O)c1cccc(CNC(=NC)NCCCCOCC)c1. The van der Waals surface area contributed by atoms with Gasteiger partial charge in [0.2, 0.25) is 0 Å². The monoisotopic (exact) mass is 348 g/mol. The van der Waals surface area contributed by atoms with Crippen LogP contribution in [0.2, 0.25) is 0 Å². The molecule has 3 N–H and O–H groups in total. The highest BCUT2D eigenvalue weighted by Gasteiger charge is 2.05. The molecule has 0 aliphatic carbocycles. The predicted molar refractivity (Wildman–Crippen MR) is 103 cm³/mol. The van der Waals surface area contributed by atoms with E-state index in [0.29, 0.717) is 18.7 Å². The number of nitrogens with one attached hydrogen (secondary N) is 3. The van der Waals surface area contributed by atoms with Crippen LogP contribution in [0.1, 0.15) is 49.0 Å². The number of rotatable bonds is 11. The number of hydrogen-bond donors (Lipinski definition) is 3. The number of aliphatic imine (C=N–C) groups is 1. The molecule has 0 saturated heterocycles. The number of hydrogen-bond acceptors (Lipinski definition) is 3. The highest BCUT2D eigenvalue weighted by Crippen LogP contribution is 2.05. The van der Waals surface area contributed by atoms with E-state index < -0.39 is 0 Å². The predicted octanol–water partition coefficient (Wildman–Crippen LogP) is 2.31. The molecule has 0 bridgehead atoms. The average molecular weight is 348 g/mol. The zero-order valence-corrected chi connectivity index (χ0v) is 15.7. The van der Waals surface area contributed by atoms with Crippen LogP contribution in [-0.2, 0) is 11.3 Å². The van der Waals surface area contributed by atoms with E-state index in [1.165, 1.54) is 0 Å². The molecule has 0 fully saturated rings. The van der Waals surface area contributed by atoms with Gasteiger partial charge in [-0.1, -0.05) is 19.1 Å². The molecule has 0 aromatic heterocycles. The molecular formula is C19H32N4O2. The maximum absolute atomic E-state index is 12.0. The largest absolute Gasteiger partial charge is 0.382 e. The van der Waals surface area contributed by atoms with Crippen LogP contribution in [0.3, 0.4) is 0 Å². The Morgan fingerprint density at radius 1 is 1.12 bits per heavy atom. The minimum atomic E-state index is -0.0273. The van der Waals surface area contributed by atoms with Crippen molar-refractivity contribution >= 4 is 11.9 Å². The second-order valence-corrected chi connectivity index (χ2v) is 5.71. The Hall–Kier alpha value is -2.08. The van der Waals surface area contributed by atoms with E-state index in [4.69, 9.17) is 4.74 Å². The normalized spacial score (nSPS) is 11.2. The van der Waals surface area contributed by atoms with E-state index in [2.05, 4.69) is 20.9 Å². The fourth-order valence-electron chi connectivity index (χ4n) is 2.25. The Morgan fingerprint density at radius 2 is 1.96 bits per heavy atom. The van der Waals surface area contributed by atoms with Gasteiger partial charge in [-0.2, -0.15) is 0 Å². The zero-order chi connectivity index (χ0) is 18.3. The van der Waals surface area contributed by atoms with Crippen molar-refractivity contribution in [2.45, 2.75) is 39.7 Å². The van der Waals surface area contributed by atoms with E-state index in [1.807, 2.05) is 38.1 Å². The lowest BCUT2D eigenvalue weighted by molar-refractivity contribution is 0.0953. The first-order valence-corrected chi connectivity index (χ1v) is 9.10. The minimum Gasteiger partial charge on any atom is -0.382 e. The van der Waals surface area contributed by atoms with Gasteiger partial charge in [-0.05, 0) is 43.9 Å². The van der Waals surface area contributed by atoms with Gasteiger partial charge in [-0.15, -0.1) is 0 Å². The number of guanidine groups is 1. The van der Waals surface area contributed by atoms with E-state index in [0.717, 1.165) is 50.5 Å². The van der Waals surface area contributed by atoms with Gasteiger partial charge < -0.3 is 20.7 Å². The summed E-state index contributed by atoms with van der Waals surface area (Å²) in [6, 6.07) is 7.65. The number of ether oxygens (including phenoxy) is 1. The zero-order valence-electron chi connectivity index (χ0n) is 15.7. The first kappa shape index (κ1) is 21.0. The molecule has 0 atom stereocenters. The number of nitrogens with zero attached hydrogens (tertiary/aromatic N) is 1. The smallest absolute Gasteiger partial charge is 0.251 e. The molecule has 6 nitrogen and oxygen atoms in total. The Kier molecular flexibility index (Phi) is 11.1. The van der Waals surface area contributed by atoms with Crippen LogP contribution >= 0.6 is 0 Å². The van der Waals surface area contributed by atoms with Gasteiger partial charge in [-0.25, -0.2) is 0 Å². The van der Waals surface area contributed by atoms with Gasteiger partial charge >= 0.3 is 0 Å². The number of amides is 1. The summed E-state index contributed by atoms with van der Waals surface area (Å²) in [7, 11) is 1.75. The summed E-state index contributed by atoms with van der Waals surface area (Å²) in [5.41, 5.74) is 1.73. The van der Waals surface area contributed by atoms with Crippen LogP contribution in [0.5, 0.6) is 0 Å². The van der Waals surface area contributed by atoms with Crippen LogP contribution in [0.25, 0.3) is 0 Å². The van der Waals surface area contributed by atoms with Crippen molar-refractivity contribution in [1.82, 2.24) is 16.0 Å². The van der Waals surface area contributed by atoms with Crippen LogP contribution < -0.4 is 16.0 Å². The first-order valence-electron chi connectivity index (χ1n) is 9.10. The summed E-state index contributed by atoms with van der Waals surface area (Å²) in [6.45, 7) is 7.78. The Labute approximate surface area is 151 Å². The van der Waals surface area contributed by atoms with Crippen molar-refractivity contribution in [2.75, 3.05) is 33.4 Å². The molecule has 1 aromatic carbocycles. The molecule has 0 unspecified atom stereocenters. The second kappa shape index (κ2) is 13.2. The second-order valence-electron chi connectivity index (χ2n) is 5.71. The molecular weight excluding hydrogens is 316 g/mol. The summed E-state index contributed by atoms with van der Waals surface area (Å²) in [4.78, 5) is 16.2. The van der Waals surface area contributed by atoms with Crippen LogP contribution in [0.4, 0.5) is 0 Å². The molecule has 1 aromatic rings. The average Bonchev–Trinajstić information content (AvgIpc) is 2.65. The topological polar surface area (TPSA) is 74.8 Å². The van der Waals surface area contributed by atoms with E-state index >= 15 is 0 Å². The summed E-state index contributed by atoms with van der Waals surface area (Å²) >= 11 is 0. The molecule has 0 heterocycles. The lowest BCUT2D eigenvalue weighted by atomic mass is 10.1. The lowest BCUT2D eigenvalue weighted by Crippen LogP contribution is -2.37. The number of carbonyl (C=O) groups is 1. The van der Waals surface area contributed by atoms with Gasteiger partial charge in [0.05, 0.1) is 0 Å². The quantitative estimate of drug-likeness (QED) is 0.326. The third kappa shape index (κ3) is 9.10. The summed E-state index contributed by atoms with van der Waals surface area (Å²) in [5.74, 6) is 0.734. The van der Waals surface area contributed by atoms with Gasteiger partial charge in [0.1, 0.15) is 0 Å². The van der Waals surface area contributed by atoms with Crippen molar-refractivity contribution in [3.8, 4) is 0 Å². The highest BCUT2D eigenvalue weighted by atomic mass is 16.5. The minimum absolute atomic E-state index is 0.0273. The molecule has 0 radical (unpaired) electrons. The van der Waals surface area contributed by atoms with Gasteiger partial charge in [-0.3, -0.25) is 9.79 Å². The van der Waals surface area contributed by atoms with Crippen molar-refractivity contribution in [2.24, 2.45) is 4.99 Å².